The fourth-order valence-electron chi connectivity index (χ4n) is 3.39. The number of alkyl halides is 3. The van der Waals surface area contributed by atoms with Gasteiger partial charge in [0.15, 0.2) is 5.79 Å². The molecule has 0 bridgehead atoms. The first-order valence-electron chi connectivity index (χ1n) is 8.11. The van der Waals surface area contributed by atoms with Gasteiger partial charge in [0, 0.05) is 32.5 Å². The molecule has 1 aromatic carbocycles. The van der Waals surface area contributed by atoms with Gasteiger partial charge in [-0.15, -0.1) is 0 Å². The molecule has 2 aliphatic rings. The zero-order valence-corrected chi connectivity index (χ0v) is 13.6. The van der Waals surface area contributed by atoms with Crippen LogP contribution in [0.2, 0.25) is 0 Å². The Bertz CT molecular complexity index is 573. The Morgan fingerprint density at radius 3 is 2.29 bits per heavy atom. The van der Waals surface area contributed by atoms with Crippen molar-refractivity contribution in [3.05, 3.63) is 35.4 Å². The Hall–Kier alpha value is -1.15. The maximum absolute atomic E-state index is 12.9. The minimum absolute atomic E-state index is 0.268. The number of ether oxygens (including phenoxy) is 2. The van der Waals surface area contributed by atoms with Crippen LogP contribution in [0.15, 0.2) is 24.3 Å². The third-order valence-corrected chi connectivity index (χ3v) is 4.77. The lowest BCUT2D eigenvalue weighted by Gasteiger charge is -2.40. The third-order valence-electron chi connectivity index (χ3n) is 4.77. The van der Waals surface area contributed by atoms with Crippen molar-refractivity contribution in [1.29, 1.82) is 0 Å². The van der Waals surface area contributed by atoms with Gasteiger partial charge < -0.3 is 14.6 Å². The van der Waals surface area contributed by atoms with Crippen molar-refractivity contribution in [3.8, 4) is 0 Å². The van der Waals surface area contributed by atoms with Gasteiger partial charge in [0.05, 0.1) is 24.4 Å². The summed E-state index contributed by atoms with van der Waals surface area (Å²) >= 11 is 0. The van der Waals surface area contributed by atoms with E-state index in [4.69, 9.17) is 9.47 Å². The van der Waals surface area contributed by atoms with E-state index >= 15 is 0 Å². The fourth-order valence-corrected chi connectivity index (χ4v) is 3.39. The molecule has 0 amide bonds. The average molecular weight is 345 g/mol. The zero-order valence-electron chi connectivity index (χ0n) is 13.6. The van der Waals surface area contributed by atoms with Crippen molar-refractivity contribution >= 4 is 0 Å². The summed E-state index contributed by atoms with van der Waals surface area (Å²) in [7, 11) is 0. The average Bonchev–Trinajstić information content (AvgIpc) is 2.97. The summed E-state index contributed by atoms with van der Waals surface area (Å²) in [6.07, 6.45) is -3.02. The van der Waals surface area contributed by atoms with Gasteiger partial charge in [-0.05, 0) is 24.6 Å². The number of β-amino-alcohol motifs (C(OH)–C–C–N with tert-alkyl or cyclic N) is 1. The molecule has 134 valence electrons. The van der Waals surface area contributed by atoms with Gasteiger partial charge >= 0.3 is 6.18 Å². The first-order chi connectivity index (χ1) is 11.2. The highest BCUT2D eigenvalue weighted by Crippen LogP contribution is 2.34. The molecule has 1 aromatic rings. The van der Waals surface area contributed by atoms with Gasteiger partial charge in [-0.3, -0.25) is 4.90 Å². The van der Waals surface area contributed by atoms with E-state index in [1.54, 1.807) is 6.92 Å². The molecule has 24 heavy (non-hydrogen) atoms. The Labute approximate surface area is 139 Å². The van der Waals surface area contributed by atoms with Crippen molar-refractivity contribution in [2.24, 2.45) is 0 Å². The first kappa shape index (κ1) is 17.7. The van der Waals surface area contributed by atoms with E-state index in [1.165, 1.54) is 12.1 Å². The normalized spacial score (nSPS) is 24.2. The van der Waals surface area contributed by atoms with E-state index in [-0.39, 0.29) is 12.1 Å². The Balaban J connectivity index is 1.66. The van der Waals surface area contributed by atoms with Crippen molar-refractivity contribution < 1.29 is 27.8 Å². The van der Waals surface area contributed by atoms with Gasteiger partial charge in [-0.25, -0.2) is 0 Å². The minimum Gasteiger partial charge on any atom is -0.384 e. The molecule has 2 heterocycles. The monoisotopic (exact) mass is 345 g/mol. The van der Waals surface area contributed by atoms with E-state index in [2.05, 4.69) is 0 Å². The molecule has 7 heteroatoms. The summed E-state index contributed by atoms with van der Waals surface area (Å²) in [5.74, 6) is -0.501. The Morgan fingerprint density at radius 1 is 1.12 bits per heavy atom. The molecule has 2 fully saturated rings. The van der Waals surface area contributed by atoms with Crippen LogP contribution in [0, 0.1) is 0 Å². The van der Waals surface area contributed by atoms with Crippen molar-refractivity contribution in [3.63, 3.8) is 0 Å². The quantitative estimate of drug-likeness (QED) is 0.915. The molecule has 0 radical (unpaired) electrons. The lowest BCUT2D eigenvalue weighted by molar-refractivity contribution is -0.188. The van der Waals surface area contributed by atoms with Crippen LogP contribution in [0.5, 0.6) is 0 Å². The summed E-state index contributed by atoms with van der Waals surface area (Å²) in [6.45, 7) is 4.37. The van der Waals surface area contributed by atoms with E-state index in [0.29, 0.717) is 39.1 Å². The minimum atomic E-state index is -4.42. The van der Waals surface area contributed by atoms with Crippen LogP contribution < -0.4 is 0 Å². The van der Waals surface area contributed by atoms with Crippen LogP contribution in [-0.2, 0) is 21.3 Å². The molecule has 1 N–H and O–H groups in total. The third kappa shape index (κ3) is 3.74. The highest BCUT2D eigenvalue weighted by Gasteiger charge is 2.41. The highest BCUT2D eigenvalue weighted by molar-refractivity contribution is 5.29. The maximum Gasteiger partial charge on any atom is 0.416 e. The van der Waals surface area contributed by atoms with Crippen LogP contribution in [0.25, 0.3) is 0 Å². The van der Waals surface area contributed by atoms with Gasteiger partial charge in [0.2, 0.25) is 0 Å². The number of hydrogen-bond acceptors (Lipinski definition) is 4. The van der Waals surface area contributed by atoms with E-state index in [0.717, 1.165) is 12.1 Å². The summed E-state index contributed by atoms with van der Waals surface area (Å²) in [5, 5.41) is 10.7. The molecule has 0 unspecified atom stereocenters. The van der Waals surface area contributed by atoms with Gasteiger partial charge in [0.25, 0.3) is 0 Å². The number of halogens is 3. The van der Waals surface area contributed by atoms with Crippen LogP contribution >= 0.6 is 0 Å². The second kappa shape index (κ2) is 6.29. The largest absolute Gasteiger partial charge is 0.416 e. The van der Waals surface area contributed by atoms with Crippen molar-refractivity contribution in [2.75, 3.05) is 32.8 Å². The van der Waals surface area contributed by atoms with Crippen LogP contribution in [0.1, 0.15) is 30.9 Å². The van der Waals surface area contributed by atoms with Crippen LogP contribution in [-0.4, -0.2) is 48.6 Å². The fraction of sp³-hybridized carbons (Fsp3) is 0.647. The van der Waals surface area contributed by atoms with Crippen molar-refractivity contribution in [1.82, 2.24) is 4.90 Å². The standard InChI is InChI=1S/C17H22F3NO3/c1-15(22,13-3-2-4-14(11-13)17(18,19)20)12-21-7-5-16(6-8-21)23-9-10-24-16/h2-4,11,22H,5-10,12H2,1H3/t15-/m0/s1. The predicted molar refractivity (Wildman–Crippen MR) is 81.3 cm³/mol. The van der Waals surface area contributed by atoms with Gasteiger partial charge in [-0.2, -0.15) is 13.2 Å². The van der Waals surface area contributed by atoms with E-state index in [1.807, 2.05) is 4.90 Å². The topological polar surface area (TPSA) is 41.9 Å². The summed E-state index contributed by atoms with van der Waals surface area (Å²) in [4.78, 5) is 2.04. The number of rotatable bonds is 3. The summed E-state index contributed by atoms with van der Waals surface area (Å²) < 4.78 is 49.9. The first-order valence-corrected chi connectivity index (χ1v) is 8.11. The van der Waals surface area contributed by atoms with E-state index < -0.39 is 23.1 Å². The molecule has 1 atom stereocenters. The summed E-state index contributed by atoms with van der Waals surface area (Å²) in [6, 6.07) is 4.90. The van der Waals surface area contributed by atoms with Crippen LogP contribution in [0.4, 0.5) is 13.2 Å². The molecule has 3 rings (SSSR count). The van der Waals surface area contributed by atoms with Gasteiger partial charge in [-0.1, -0.05) is 12.1 Å². The Kier molecular flexibility index (Phi) is 4.63. The number of nitrogens with zero attached hydrogens (tertiary/aromatic N) is 1. The zero-order chi connectivity index (χ0) is 17.4. The van der Waals surface area contributed by atoms with Crippen LogP contribution in [0.3, 0.4) is 0 Å². The lowest BCUT2D eigenvalue weighted by Crippen LogP contribution is -2.49. The second-order valence-corrected chi connectivity index (χ2v) is 6.74. The number of piperidine rings is 1. The number of likely N-dealkylation sites (tertiary alicyclic amines) is 1. The summed E-state index contributed by atoms with van der Waals surface area (Å²) in [5.41, 5.74) is -1.83. The Morgan fingerprint density at radius 2 is 1.71 bits per heavy atom. The molecule has 0 saturated carbocycles. The molecule has 0 aromatic heterocycles. The SMILES string of the molecule is C[C@](O)(CN1CCC2(CC1)OCCO2)c1cccc(C(F)(F)F)c1. The smallest absolute Gasteiger partial charge is 0.384 e. The predicted octanol–water partition coefficient (Wildman–Crippen LogP) is 2.75. The molecular formula is C17H22F3NO3. The second-order valence-electron chi connectivity index (χ2n) is 6.74. The number of aliphatic hydroxyl groups is 1. The number of benzene rings is 1. The molecule has 1 spiro atoms. The lowest BCUT2D eigenvalue weighted by atomic mass is 9.92. The van der Waals surface area contributed by atoms with Gasteiger partial charge in [0.1, 0.15) is 0 Å². The molecule has 2 aliphatic heterocycles. The maximum atomic E-state index is 12.9. The van der Waals surface area contributed by atoms with Crippen molar-refractivity contribution in [2.45, 2.75) is 37.3 Å². The molecule has 0 aliphatic carbocycles. The highest BCUT2D eigenvalue weighted by atomic mass is 19.4. The van der Waals surface area contributed by atoms with E-state index in [9.17, 15) is 18.3 Å². The molecule has 2 saturated heterocycles. The molecule has 4 nitrogen and oxygen atoms in total. The molecular weight excluding hydrogens is 323 g/mol. The number of hydrogen-bond donors (Lipinski definition) is 1.